The lowest BCUT2D eigenvalue weighted by atomic mass is 10.0. The summed E-state index contributed by atoms with van der Waals surface area (Å²) < 4.78 is 76.4. The van der Waals surface area contributed by atoms with Crippen molar-refractivity contribution >= 4 is 0 Å². The zero-order valence-electron chi connectivity index (χ0n) is 8.86. The van der Waals surface area contributed by atoms with Gasteiger partial charge in [-0.05, 0) is 12.5 Å². The third-order valence-electron chi connectivity index (χ3n) is 2.26. The number of aliphatic hydroxyl groups is 1. The number of nitrogens with two attached hydrogens (primary N) is 1. The highest BCUT2D eigenvalue weighted by Crippen LogP contribution is 2.34. The van der Waals surface area contributed by atoms with Gasteiger partial charge in [-0.1, -0.05) is 0 Å². The second-order valence-corrected chi connectivity index (χ2v) is 3.66. The summed E-state index contributed by atoms with van der Waals surface area (Å²) in [5.41, 5.74) is 2.26. The molecule has 0 aliphatic rings. The molecule has 0 heterocycles. The number of rotatable bonds is 3. The molecule has 0 bridgehead atoms. The third-order valence-corrected chi connectivity index (χ3v) is 2.26. The molecule has 2 nitrogen and oxygen atoms in total. The van der Waals surface area contributed by atoms with Gasteiger partial charge < -0.3 is 10.8 Å². The van der Waals surface area contributed by atoms with Crippen molar-refractivity contribution < 1.29 is 31.4 Å². The lowest BCUT2D eigenvalue weighted by molar-refractivity contribution is -0.140. The highest BCUT2D eigenvalue weighted by molar-refractivity contribution is 5.30. The topological polar surface area (TPSA) is 46.2 Å². The van der Waals surface area contributed by atoms with Gasteiger partial charge in [0.15, 0.2) is 11.6 Å². The first kappa shape index (κ1) is 14.8. The van der Waals surface area contributed by atoms with E-state index in [4.69, 9.17) is 10.8 Å². The first-order valence-corrected chi connectivity index (χ1v) is 4.78. The van der Waals surface area contributed by atoms with E-state index in [1.165, 1.54) is 0 Å². The van der Waals surface area contributed by atoms with E-state index in [2.05, 4.69) is 0 Å². The molecule has 0 saturated carbocycles. The predicted octanol–water partition coefficient (Wildman–Crippen LogP) is 1.98. The molecule has 1 aromatic carbocycles. The zero-order valence-corrected chi connectivity index (χ0v) is 8.86. The molecular formula is C10H9F6NO. The van der Waals surface area contributed by atoms with Gasteiger partial charge in [0.25, 0.3) is 0 Å². The van der Waals surface area contributed by atoms with Gasteiger partial charge in [0.05, 0.1) is 12.2 Å². The molecule has 3 N–H and O–H groups in total. The van der Waals surface area contributed by atoms with Gasteiger partial charge in [-0.3, -0.25) is 0 Å². The second-order valence-electron chi connectivity index (χ2n) is 3.66. The maximum Gasteiger partial charge on any atom is 0.419 e. The molecule has 0 amide bonds. The fourth-order valence-electron chi connectivity index (χ4n) is 1.35. The van der Waals surface area contributed by atoms with Gasteiger partial charge in [-0.15, -0.1) is 0 Å². The average Bonchev–Trinajstić information content (AvgIpc) is 2.27. The number of benzene rings is 1. The SMILES string of the molecule is NC(CO)Cc1c(F)cc(C(F)(F)F)c(F)c1F. The van der Waals surface area contributed by atoms with Crippen molar-refractivity contribution in [3.05, 3.63) is 34.6 Å². The molecule has 0 aliphatic heterocycles. The van der Waals surface area contributed by atoms with Crippen LogP contribution in [0.15, 0.2) is 6.07 Å². The van der Waals surface area contributed by atoms with Crippen LogP contribution in [0.4, 0.5) is 26.3 Å². The summed E-state index contributed by atoms with van der Waals surface area (Å²) in [5, 5.41) is 8.59. The highest BCUT2D eigenvalue weighted by atomic mass is 19.4. The minimum Gasteiger partial charge on any atom is -0.395 e. The Morgan fingerprint density at radius 3 is 2.17 bits per heavy atom. The van der Waals surface area contributed by atoms with Crippen molar-refractivity contribution in [3.63, 3.8) is 0 Å². The summed E-state index contributed by atoms with van der Waals surface area (Å²) in [4.78, 5) is 0. The second kappa shape index (κ2) is 5.15. The lowest BCUT2D eigenvalue weighted by Crippen LogP contribution is -2.28. The predicted molar refractivity (Wildman–Crippen MR) is 50.1 cm³/mol. The van der Waals surface area contributed by atoms with E-state index >= 15 is 0 Å². The third kappa shape index (κ3) is 2.94. The fourth-order valence-corrected chi connectivity index (χ4v) is 1.35. The Bertz CT molecular complexity index is 445. The molecular weight excluding hydrogens is 264 g/mol. The lowest BCUT2D eigenvalue weighted by Gasteiger charge is -2.14. The Hall–Kier alpha value is -1.28. The first-order valence-electron chi connectivity index (χ1n) is 4.78. The number of aliphatic hydroxyl groups excluding tert-OH is 1. The van der Waals surface area contributed by atoms with Crippen LogP contribution in [-0.4, -0.2) is 17.8 Å². The number of hydrogen-bond donors (Lipinski definition) is 2. The Morgan fingerprint density at radius 1 is 1.17 bits per heavy atom. The van der Waals surface area contributed by atoms with E-state index in [9.17, 15) is 26.3 Å². The molecule has 0 fully saturated rings. The van der Waals surface area contributed by atoms with E-state index in [1.807, 2.05) is 0 Å². The van der Waals surface area contributed by atoms with Crippen LogP contribution >= 0.6 is 0 Å². The summed E-state index contributed by atoms with van der Waals surface area (Å²) in [5.74, 6) is -5.67. The van der Waals surface area contributed by atoms with Crippen LogP contribution in [0.25, 0.3) is 0 Å². The van der Waals surface area contributed by atoms with Gasteiger partial charge in [-0.25, -0.2) is 13.2 Å². The van der Waals surface area contributed by atoms with E-state index in [0.717, 1.165) is 0 Å². The van der Waals surface area contributed by atoms with Crippen LogP contribution in [-0.2, 0) is 12.6 Å². The summed E-state index contributed by atoms with van der Waals surface area (Å²) in [6.45, 7) is -0.637. The van der Waals surface area contributed by atoms with Crippen LogP contribution in [0.1, 0.15) is 11.1 Å². The van der Waals surface area contributed by atoms with Crippen LogP contribution < -0.4 is 5.73 Å². The molecule has 0 aromatic heterocycles. The Balaban J connectivity index is 3.29. The number of hydrogen-bond acceptors (Lipinski definition) is 2. The van der Waals surface area contributed by atoms with Crippen molar-refractivity contribution in [2.75, 3.05) is 6.61 Å². The molecule has 1 atom stereocenters. The largest absolute Gasteiger partial charge is 0.419 e. The van der Waals surface area contributed by atoms with Gasteiger partial charge in [0.2, 0.25) is 0 Å². The molecule has 0 radical (unpaired) electrons. The molecule has 0 saturated heterocycles. The normalized spacial score (nSPS) is 13.8. The Labute approximate surface area is 98.0 Å². The number of halogens is 6. The molecule has 102 valence electrons. The Kier molecular flexibility index (Phi) is 4.23. The quantitative estimate of drug-likeness (QED) is 0.653. The monoisotopic (exact) mass is 273 g/mol. The van der Waals surface area contributed by atoms with Crippen molar-refractivity contribution in [2.45, 2.75) is 18.6 Å². The summed E-state index contributed by atoms with van der Waals surface area (Å²) >= 11 is 0. The molecule has 18 heavy (non-hydrogen) atoms. The minimum absolute atomic E-state index is 0.127. The molecule has 8 heteroatoms. The molecule has 1 rings (SSSR count). The molecule has 0 aliphatic carbocycles. The molecule has 0 spiro atoms. The van der Waals surface area contributed by atoms with Crippen molar-refractivity contribution in [1.29, 1.82) is 0 Å². The summed E-state index contributed by atoms with van der Waals surface area (Å²) in [7, 11) is 0. The molecule has 1 aromatic rings. The number of alkyl halides is 3. The van der Waals surface area contributed by atoms with Crippen LogP contribution in [0.3, 0.4) is 0 Å². The average molecular weight is 273 g/mol. The van der Waals surface area contributed by atoms with Gasteiger partial charge in [0, 0.05) is 11.6 Å². The zero-order chi connectivity index (χ0) is 14.1. The van der Waals surface area contributed by atoms with E-state index < -0.39 is 53.8 Å². The van der Waals surface area contributed by atoms with Crippen molar-refractivity contribution in [2.24, 2.45) is 5.73 Å². The maximum atomic E-state index is 13.3. The minimum atomic E-state index is -5.19. The first-order chi connectivity index (χ1) is 8.18. The van der Waals surface area contributed by atoms with E-state index in [-0.39, 0.29) is 6.07 Å². The fraction of sp³-hybridized carbons (Fsp3) is 0.400. The summed E-state index contributed by atoms with van der Waals surface area (Å²) in [6, 6.07) is -1.22. The standard InChI is InChI=1S/C10H9F6NO/c11-7-2-6(10(14,15)16)9(13)8(12)5(7)1-4(17)3-18/h2,4,18H,1,3,17H2. The van der Waals surface area contributed by atoms with Crippen LogP contribution in [0.2, 0.25) is 0 Å². The highest BCUT2D eigenvalue weighted by Gasteiger charge is 2.37. The summed E-state index contributed by atoms with van der Waals surface area (Å²) in [6.07, 6.45) is -5.80. The van der Waals surface area contributed by atoms with Gasteiger partial charge in [0.1, 0.15) is 5.82 Å². The van der Waals surface area contributed by atoms with Crippen LogP contribution in [0, 0.1) is 17.5 Å². The van der Waals surface area contributed by atoms with Crippen molar-refractivity contribution in [1.82, 2.24) is 0 Å². The van der Waals surface area contributed by atoms with E-state index in [1.54, 1.807) is 0 Å². The Morgan fingerprint density at radius 2 is 1.72 bits per heavy atom. The van der Waals surface area contributed by atoms with E-state index in [0.29, 0.717) is 0 Å². The smallest absolute Gasteiger partial charge is 0.395 e. The van der Waals surface area contributed by atoms with Crippen molar-refractivity contribution in [3.8, 4) is 0 Å². The molecule has 1 unspecified atom stereocenters. The van der Waals surface area contributed by atoms with Crippen LogP contribution in [0.5, 0.6) is 0 Å². The maximum absolute atomic E-state index is 13.3. The van der Waals surface area contributed by atoms with Gasteiger partial charge >= 0.3 is 6.18 Å². The van der Waals surface area contributed by atoms with Gasteiger partial charge in [-0.2, -0.15) is 13.2 Å².